The maximum absolute atomic E-state index is 12.6. The highest BCUT2D eigenvalue weighted by Gasteiger charge is 2.23. The molecule has 0 bridgehead atoms. The molecule has 1 aliphatic carbocycles. The number of aromatic nitrogens is 2. The van der Waals surface area contributed by atoms with Crippen molar-refractivity contribution < 1.29 is 0 Å². The van der Waals surface area contributed by atoms with E-state index in [0.29, 0.717) is 11.6 Å². The summed E-state index contributed by atoms with van der Waals surface area (Å²) in [7, 11) is 0. The summed E-state index contributed by atoms with van der Waals surface area (Å²) in [6.45, 7) is 7.15. The number of nitrogens with zero attached hydrogens (tertiary/aromatic N) is 2. The van der Waals surface area contributed by atoms with Crippen molar-refractivity contribution in [3.8, 4) is 0 Å². The molecule has 112 valence electrons. The standard InChI is InChI=1S/C15H24BrN3O/c1-4-8-15(2,3)18-13-12(16)9-17-19(14(13)20)10-11-6-5-7-11/h9,11,18H,4-8,10H2,1-3H3. The largest absolute Gasteiger partial charge is 0.375 e. The Bertz CT molecular complexity index is 520. The fraction of sp³-hybridized carbons (Fsp3) is 0.733. The molecule has 5 heteroatoms. The highest BCUT2D eigenvalue weighted by atomic mass is 79.9. The summed E-state index contributed by atoms with van der Waals surface area (Å²) in [6, 6.07) is 0. The molecule has 0 saturated heterocycles. The summed E-state index contributed by atoms with van der Waals surface area (Å²) in [5, 5.41) is 7.64. The van der Waals surface area contributed by atoms with Crippen molar-refractivity contribution >= 4 is 21.6 Å². The van der Waals surface area contributed by atoms with Gasteiger partial charge in [-0.15, -0.1) is 0 Å². The van der Waals surface area contributed by atoms with Gasteiger partial charge < -0.3 is 5.32 Å². The summed E-state index contributed by atoms with van der Waals surface area (Å²) in [4.78, 5) is 12.6. The number of hydrogen-bond donors (Lipinski definition) is 1. The van der Waals surface area contributed by atoms with Crippen LogP contribution in [-0.4, -0.2) is 15.3 Å². The summed E-state index contributed by atoms with van der Waals surface area (Å²) in [6.07, 6.45) is 7.54. The first kappa shape index (κ1) is 15.5. The van der Waals surface area contributed by atoms with Crippen molar-refractivity contribution in [3.63, 3.8) is 0 Å². The van der Waals surface area contributed by atoms with Gasteiger partial charge in [-0.25, -0.2) is 4.68 Å². The molecular weight excluding hydrogens is 318 g/mol. The van der Waals surface area contributed by atoms with Gasteiger partial charge in [0.1, 0.15) is 5.69 Å². The molecule has 2 rings (SSSR count). The minimum Gasteiger partial charge on any atom is -0.375 e. The Morgan fingerprint density at radius 1 is 1.50 bits per heavy atom. The van der Waals surface area contributed by atoms with Gasteiger partial charge in [0.05, 0.1) is 10.7 Å². The van der Waals surface area contributed by atoms with E-state index in [1.165, 1.54) is 19.3 Å². The predicted octanol–water partition coefficient (Wildman–Crippen LogP) is 3.80. The zero-order valence-corrected chi connectivity index (χ0v) is 14.2. The average molecular weight is 342 g/mol. The molecule has 0 atom stereocenters. The van der Waals surface area contributed by atoms with E-state index >= 15 is 0 Å². The lowest BCUT2D eigenvalue weighted by Crippen LogP contribution is -2.37. The van der Waals surface area contributed by atoms with Gasteiger partial charge in [-0.2, -0.15) is 5.10 Å². The molecule has 1 aromatic heterocycles. The molecule has 1 N–H and O–H groups in total. The summed E-state index contributed by atoms with van der Waals surface area (Å²) in [5.74, 6) is 0.623. The smallest absolute Gasteiger partial charge is 0.291 e. The van der Waals surface area contributed by atoms with Crippen LogP contribution in [0.1, 0.15) is 52.9 Å². The van der Waals surface area contributed by atoms with Crippen molar-refractivity contribution in [3.05, 3.63) is 21.0 Å². The molecule has 0 spiro atoms. The van der Waals surface area contributed by atoms with Crippen LogP contribution in [-0.2, 0) is 6.54 Å². The van der Waals surface area contributed by atoms with Crippen LogP contribution in [0.5, 0.6) is 0 Å². The third-order valence-corrected chi connectivity index (χ3v) is 4.59. The Kier molecular flexibility index (Phi) is 4.89. The maximum Gasteiger partial charge on any atom is 0.291 e. The van der Waals surface area contributed by atoms with Gasteiger partial charge in [0.25, 0.3) is 5.56 Å². The SMILES string of the molecule is CCCC(C)(C)Nc1c(Br)cnn(CC2CCC2)c1=O. The third-order valence-electron chi connectivity index (χ3n) is 3.99. The summed E-state index contributed by atoms with van der Waals surface area (Å²) < 4.78 is 2.36. The van der Waals surface area contributed by atoms with E-state index in [9.17, 15) is 4.79 Å². The third kappa shape index (κ3) is 3.62. The molecule has 0 aliphatic heterocycles. The molecule has 1 saturated carbocycles. The lowest BCUT2D eigenvalue weighted by molar-refractivity contribution is 0.261. The van der Waals surface area contributed by atoms with Gasteiger partial charge in [0.15, 0.2) is 0 Å². The van der Waals surface area contributed by atoms with Crippen molar-refractivity contribution in [1.82, 2.24) is 9.78 Å². The molecule has 1 heterocycles. The second kappa shape index (κ2) is 6.29. The first-order chi connectivity index (χ1) is 9.43. The number of nitrogens with one attached hydrogen (secondary N) is 1. The first-order valence-electron chi connectivity index (χ1n) is 7.47. The fourth-order valence-corrected chi connectivity index (χ4v) is 3.02. The minimum atomic E-state index is -0.0912. The average Bonchev–Trinajstić information content (AvgIpc) is 2.31. The van der Waals surface area contributed by atoms with E-state index in [4.69, 9.17) is 0 Å². The fourth-order valence-electron chi connectivity index (χ4n) is 2.66. The molecule has 4 nitrogen and oxygen atoms in total. The molecule has 20 heavy (non-hydrogen) atoms. The monoisotopic (exact) mass is 341 g/mol. The van der Waals surface area contributed by atoms with E-state index in [1.54, 1.807) is 10.9 Å². The lowest BCUT2D eigenvalue weighted by Gasteiger charge is -2.28. The van der Waals surface area contributed by atoms with Crippen LogP contribution >= 0.6 is 15.9 Å². The zero-order valence-electron chi connectivity index (χ0n) is 12.6. The number of rotatable bonds is 6. The second-order valence-electron chi connectivity index (χ2n) is 6.41. The van der Waals surface area contributed by atoms with E-state index in [-0.39, 0.29) is 11.1 Å². The van der Waals surface area contributed by atoms with E-state index in [1.807, 2.05) is 0 Å². The Morgan fingerprint density at radius 2 is 2.20 bits per heavy atom. The normalized spacial score (nSPS) is 16.0. The predicted molar refractivity (Wildman–Crippen MR) is 86.1 cm³/mol. The Balaban J connectivity index is 2.22. The molecule has 0 aromatic carbocycles. The summed E-state index contributed by atoms with van der Waals surface area (Å²) >= 11 is 3.44. The zero-order chi connectivity index (χ0) is 14.8. The molecule has 1 aliphatic rings. The lowest BCUT2D eigenvalue weighted by atomic mass is 9.85. The van der Waals surface area contributed by atoms with Crippen molar-refractivity contribution in [2.45, 2.75) is 65.0 Å². The van der Waals surface area contributed by atoms with Crippen LogP contribution in [0.15, 0.2) is 15.5 Å². The number of hydrogen-bond acceptors (Lipinski definition) is 3. The molecule has 1 fully saturated rings. The molecule has 1 aromatic rings. The Hall–Kier alpha value is -0.840. The highest BCUT2D eigenvalue weighted by molar-refractivity contribution is 9.10. The molecule has 0 amide bonds. The quantitative estimate of drug-likeness (QED) is 0.855. The number of halogens is 1. The van der Waals surface area contributed by atoms with Gasteiger partial charge in [-0.05, 0) is 55.0 Å². The van der Waals surface area contributed by atoms with Gasteiger partial charge >= 0.3 is 0 Å². The van der Waals surface area contributed by atoms with Crippen LogP contribution < -0.4 is 10.9 Å². The van der Waals surface area contributed by atoms with Crippen molar-refractivity contribution in [1.29, 1.82) is 0 Å². The van der Waals surface area contributed by atoms with Crippen LogP contribution in [0, 0.1) is 5.92 Å². The van der Waals surface area contributed by atoms with E-state index in [2.05, 4.69) is 47.1 Å². The van der Waals surface area contributed by atoms with Crippen molar-refractivity contribution in [2.24, 2.45) is 5.92 Å². The molecule has 0 unspecified atom stereocenters. The molecule has 0 radical (unpaired) electrons. The van der Waals surface area contributed by atoms with Crippen LogP contribution in [0.4, 0.5) is 5.69 Å². The van der Waals surface area contributed by atoms with E-state index < -0.39 is 0 Å². The van der Waals surface area contributed by atoms with Gasteiger partial charge in [-0.3, -0.25) is 4.79 Å². The topological polar surface area (TPSA) is 46.9 Å². The maximum atomic E-state index is 12.6. The second-order valence-corrected chi connectivity index (χ2v) is 7.26. The van der Waals surface area contributed by atoms with Gasteiger partial charge in [0.2, 0.25) is 0 Å². The van der Waals surface area contributed by atoms with Gasteiger partial charge in [-0.1, -0.05) is 19.8 Å². The first-order valence-corrected chi connectivity index (χ1v) is 8.26. The van der Waals surface area contributed by atoms with Crippen LogP contribution in [0.2, 0.25) is 0 Å². The summed E-state index contributed by atoms with van der Waals surface area (Å²) in [5.41, 5.74) is 0.528. The minimum absolute atomic E-state index is 0.0181. The van der Waals surface area contributed by atoms with E-state index in [0.717, 1.165) is 23.9 Å². The Morgan fingerprint density at radius 3 is 2.75 bits per heavy atom. The molecular formula is C15H24BrN3O. The highest BCUT2D eigenvalue weighted by Crippen LogP contribution is 2.28. The Labute approximate surface area is 129 Å². The van der Waals surface area contributed by atoms with Crippen molar-refractivity contribution in [2.75, 3.05) is 5.32 Å². The van der Waals surface area contributed by atoms with Gasteiger partial charge in [0, 0.05) is 12.1 Å². The van der Waals surface area contributed by atoms with Crippen LogP contribution in [0.25, 0.3) is 0 Å². The van der Waals surface area contributed by atoms with Crippen LogP contribution in [0.3, 0.4) is 0 Å². The number of anilines is 1.